The lowest BCUT2D eigenvalue weighted by atomic mass is 10.1. The Morgan fingerprint density at radius 1 is 1.50 bits per heavy atom. The van der Waals surface area contributed by atoms with Crippen LogP contribution >= 0.6 is 0 Å². The van der Waals surface area contributed by atoms with E-state index in [1.54, 1.807) is 13.0 Å². The van der Waals surface area contributed by atoms with Crippen molar-refractivity contribution in [1.29, 1.82) is 0 Å². The molecule has 1 saturated heterocycles. The number of carbonyl (C=O) groups excluding carboxylic acids is 1. The first-order valence-electron chi connectivity index (χ1n) is 6.66. The maximum absolute atomic E-state index is 12.1. The van der Waals surface area contributed by atoms with Crippen LogP contribution in [0.5, 0.6) is 5.88 Å². The van der Waals surface area contributed by atoms with Gasteiger partial charge in [-0.25, -0.2) is 4.79 Å². The molecular weight excluding hydrogens is 264 g/mol. The highest BCUT2D eigenvalue weighted by Gasteiger charge is 2.30. The number of amides is 1. The fraction of sp³-hybridized carbons (Fsp3) is 0.615. The van der Waals surface area contributed by atoms with Crippen LogP contribution in [0.1, 0.15) is 31.4 Å². The predicted molar refractivity (Wildman–Crippen MR) is 68.3 cm³/mol. The molecule has 0 spiro atoms. The second kappa shape index (κ2) is 6.40. The first-order chi connectivity index (χ1) is 9.58. The minimum atomic E-state index is -0.961. The van der Waals surface area contributed by atoms with Crippen LogP contribution in [0.3, 0.4) is 0 Å². The van der Waals surface area contributed by atoms with Crippen LogP contribution in [-0.2, 0) is 9.59 Å². The molecule has 1 unspecified atom stereocenters. The molecule has 7 heteroatoms. The number of likely N-dealkylation sites (tertiary alicyclic amines) is 1. The van der Waals surface area contributed by atoms with E-state index >= 15 is 0 Å². The Morgan fingerprint density at radius 2 is 2.30 bits per heavy atom. The number of rotatable bonds is 4. The molecule has 0 radical (unpaired) electrons. The van der Waals surface area contributed by atoms with Crippen molar-refractivity contribution in [3.8, 4) is 5.88 Å². The van der Waals surface area contributed by atoms with E-state index in [0.29, 0.717) is 18.7 Å². The van der Waals surface area contributed by atoms with Gasteiger partial charge in [-0.3, -0.25) is 4.79 Å². The van der Waals surface area contributed by atoms with Gasteiger partial charge in [-0.05, 0) is 24.9 Å². The van der Waals surface area contributed by atoms with Crippen LogP contribution in [0.4, 0.5) is 0 Å². The van der Waals surface area contributed by atoms with Crippen LogP contribution in [0.15, 0.2) is 10.6 Å². The summed E-state index contributed by atoms with van der Waals surface area (Å²) in [6.45, 7) is 1.95. The Bertz CT molecular complexity index is 485. The molecule has 0 saturated carbocycles. The fourth-order valence-electron chi connectivity index (χ4n) is 2.29. The Morgan fingerprint density at radius 3 is 2.95 bits per heavy atom. The Balaban J connectivity index is 1.96. The quantitative estimate of drug-likeness (QED) is 0.892. The fourth-order valence-corrected chi connectivity index (χ4v) is 2.29. The minimum Gasteiger partial charge on any atom is -0.480 e. The van der Waals surface area contributed by atoms with Crippen molar-refractivity contribution in [2.75, 3.05) is 13.2 Å². The lowest BCUT2D eigenvalue weighted by Crippen LogP contribution is -2.46. The highest BCUT2D eigenvalue weighted by Crippen LogP contribution is 2.18. The molecule has 1 atom stereocenters. The summed E-state index contributed by atoms with van der Waals surface area (Å²) in [5.74, 6) is -0.472. The SMILES string of the molecule is Cc1cc(OCC(=O)N2CCCCCC2C(=O)O)no1. The smallest absolute Gasteiger partial charge is 0.326 e. The van der Waals surface area contributed by atoms with Gasteiger partial charge < -0.3 is 19.3 Å². The van der Waals surface area contributed by atoms with Crippen molar-refractivity contribution in [2.24, 2.45) is 0 Å². The lowest BCUT2D eigenvalue weighted by Gasteiger charge is -2.26. The van der Waals surface area contributed by atoms with Crippen molar-refractivity contribution in [1.82, 2.24) is 10.1 Å². The molecule has 0 bridgehead atoms. The van der Waals surface area contributed by atoms with Gasteiger partial charge in [0.15, 0.2) is 6.61 Å². The Labute approximate surface area is 116 Å². The molecule has 1 amide bonds. The highest BCUT2D eigenvalue weighted by atomic mass is 16.5. The molecule has 0 aromatic carbocycles. The molecule has 1 N–H and O–H groups in total. The number of aryl methyl sites for hydroxylation is 1. The van der Waals surface area contributed by atoms with Crippen LogP contribution in [-0.4, -0.2) is 46.2 Å². The summed E-state index contributed by atoms with van der Waals surface area (Å²) in [7, 11) is 0. The number of hydrogen-bond acceptors (Lipinski definition) is 5. The molecule has 110 valence electrons. The number of ether oxygens (including phenoxy) is 1. The van der Waals surface area contributed by atoms with E-state index in [9.17, 15) is 14.7 Å². The van der Waals surface area contributed by atoms with Crippen LogP contribution < -0.4 is 4.74 Å². The molecule has 1 aromatic heterocycles. The summed E-state index contributed by atoms with van der Waals surface area (Å²) in [4.78, 5) is 24.8. The molecule has 2 heterocycles. The van der Waals surface area contributed by atoms with E-state index < -0.39 is 12.0 Å². The second-order valence-corrected chi connectivity index (χ2v) is 4.85. The molecule has 7 nitrogen and oxygen atoms in total. The van der Waals surface area contributed by atoms with E-state index in [4.69, 9.17) is 9.26 Å². The first kappa shape index (κ1) is 14.4. The van der Waals surface area contributed by atoms with Crippen molar-refractivity contribution in [3.63, 3.8) is 0 Å². The van der Waals surface area contributed by atoms with E-state index in [1.165, 1.54) is 4.90 Å². The third-order valence-electron chi connectivity index (χ3n) is 3.31. The number of nitrogens with zero attached hydrogens (tertiary/aromatic N) is 2. The minimum absolute atomic E-state index is 0.226. The van der Waals surface area contributed by atoms with Gasteiger partial charge in [0.2, 0.25) is 0 Å². The summed E-state index contributed by atoms with van der Waals surface area (Å²) < 4.78 is 10.0. The van der Waals surface area contributed by atoms with Crippen LogP contribution in [0.25, 0.3) is 0 Å². The molecule has 1 aliphatic heterocycles. The molecule has 2 rings (SSSR count). The third-order valence-corrected chi connectivity index (χ3v) is 3.31. The summed E-state index contributed by atoms with van der Waals surface area (Å²) in [5, 5.41) is 12.8. The third kappa shape index (κ3) is 3.49. The zero-order valence-corrected chi connectivity index (χ0v) is 11.4. The average molecular weight is 282 g/mol. The standard InChI is InChI=1S/C13H18N2O5/c1-9-7-11(14-20-9)19-8-12(16)15-6-4-2-3-5-10(15)13(17)18/h7,10H,2-6,8H2,1H3,(H,17,18). The highest BCUT2D eigenvalue weighted by molar-refractivity contribution is 5.84. The van der Waals surface area contributed by atoms with Gasteiger partial charge in [-0.1, -0.05) is 12.8 Å². The van der Waals surface area contributed by atoms with Crippen molar-refractivity contribution in [2.45, 2.75) is 38.6 Å². The van der Waals surface area contributed by atoms with Gasteiger partial charge in [0, 0.05) is 12.6 Å². The number of aliphatic carboxylic acids is 1. The largest absolute Gasteiger partial charge is 0.480 e. The van der Waals surface area contributed by atoms with Crippen molar-refractivity contribution >= 4 is 11.9 Å². The van der Waals surface area contributed by atoms with E-state index in [-0.39, 0.29) is 18.4 Å². The normalized spacial score (nSPS) is 19.4. The summed E-state index contributed by atoms with van der Waals surface area (Å²) in [6.07, 6.45) is 3.07. The topological polar surface area (TPSA) is 92.9 Å². The number of carboxylic acid groups (broad SMARTS) is 1. The number of carboxylic acids is 1. The van der Waals surface area contributed by atoms with Crippen molar-refractivity contribution in [3.05, 3.63) is 11.8 Å². The Hall–Kier alpha value is -2.05. The molecule has 20 heavy (non-hydrogen) atoms. The molecule has 1 aromatic rings. The van der Waals surface area contributed by atoms with Crippen LogP contribution in [0.2, 0.25) is 0 Å². The second-order valence-electron chi connectivity index (χ2n) is 4.85. The van der Waals surface area contributed by atoms with Crippen molar-refractivity contribution < 1.29 is 24.0 Å². The molecule has 1 fully saturated rings. The average Bonchev–Trinajstić information content (AvgIpc) is 2.68. The lowest BCUT2D eigenvalue weighted by molar-refractivity contribution is -0.151. The monoisotopic (exact) mass is 282 g/mol. The van der Waals surface area contributed by atoms with Gasteiger partial charge >= 0.3 is 5.97 Å². The van der Waals surface area contributed by atoms with E-state index in [2.05, 4.69) is 5.16 Å². The van der Waals surface area contributed by atoms with Gasteiger partial charge in [-0.15, -0.1) is 0 Å². The number of carbonyl (C=O) groups is 2. The zero-order chi connectivity index (χ0) is 14.5. The molecule has 0 aliphatic carbocycles. The van der Waals surface area contributed by atoms with E-state index in [1.807, 2.05) is 0 Å². The van der Waals surface area contributed by atoms with Gasteiger partial charge in [-0.2, -0.15) is 0 Å². The summed E-state index contributed by atoms with van der Waals surface area (Å²) >= 11 is 0. The first-order valence-corrected chi connectivity index (χ1v) is 6.66. The zero-order valence-electron chi connectivity index (χ0n) is 11.4. The van der Waals surface area contributed by atoms with Gasteiger partial charge in [0.1, 0.15) is 11.8 Å². The van der Waals surface area contributed by atoms with Gasteiger partial charge in [0.25, 0.3) is 11.8 Å². The number of aromatic nitrogens is 1. The summed E-state index contributed by atoms with van der Waals surface area (Å²) in [5.41, 5.74) is 0. The molecule has 1 aliphatic rings. The maximum Gasteiger partial charge on any atom is 0.326 e. The molecular formula is C13H18N2O5. The summed E-state index contributed by atoms with van der Waals surface area (Å²) in [6, 6.07) is 0.817. The van der Waals surface area contributed by atoms with Crippen LogP contribution in [0, 0.1) is 6.92 Å². The van der Waals surface area contributed by atoms with E-state index in [0.717, 1.165) is 19.3 Å². The Kier molecular flexibility index (Phi) is 4.60. The predicted octanol–water partition coefficient (Wildman–Crippen LogP) is 1.22. The number of hydrogen-bond donors (Lipinski definition) is 1. The maximum atomic E-state index is 12.1. The van der Waals surface area contributed by atoms with Gasteiger partial charge in [0.05, 0.1) is 0 Å².